The van der Waals surface area contributed by atoms with Gasteiger partial charge in [0, 0.05) is 32.5 Å². The number of carbonyl (C=O) groups excluding carboxylic acids is 3. The minimum atomic E-state index is -1.14. The summed E-state index contributed by atoms with van der Waals surface area (Å²) in [7, 11) is 1.68. The molecule has 29 heavy (non-hydrogen) atoms. The summed E-state index contributed by atoms with van der Waals surface area (Å²) in [6.45, 7) is 6.00. The highest BCUT2D eigenvalue weighted by Crippen LogP contribution is 2.38. The molecule has 3 amide bonds. The highest BCUT2D eigenvalue weighted by atomic mass is 16.2. The molecular weight excluding hydrogens is 368 g/mol. The van der Waals surface area contributed by atoms with Crippen LogP contribution in [0.4, 0.5) is 11.4 Å². The molecule has 7 nitrogen and oxygen atoms in total. The molecule has 7 heteroatoms. The lowest BCUT2D eigenvalue weighted by atomic mass is 9.90. The van der Waals surface area contributed by atoms with Crippen molar-refractivity contribution >= 4 is 29.1 Å². The maximum atomic E-state index is 12.9. The van der Waals surface area contributed by atoms with Gasteiger partial charge in [0.15, 0.2) is 0 Å². The topological polar surface area (TPSA) is 82.6 Å². The van der Waals surface area contributed by atoms with Gasteiger partial charge >= 0.3 is 0 Å². The number of carbonyl (C=O) groups is 3. The van der Waals surface area contributed by atoms with E-state index in [9.17, 15) is 14.4 Å². The number of aromatic nitrogens is 1. The van der Waals surface area contributed by atoms with Crippen LogP contribution in [0.25, 0.3) is 0 Å². The van der Waals surface area contributed by atoms with Gasteiger partial charge in [0.1, 0.15) is 5.41 Å². The molecule has 2 heterocycles. The van der Waals surface area contributed by atoms with Crippen LogP contribution in [0, 0.1) is 5.41 Å². The lowest BCUT2D eigenvalue weighted by Crippen LogP contribution is -2.47. The first-order valence-electron chi connectivity index (χ1n) is 9.64. The Hall–Kier alpha value is -3.22. The first kappa shape index (κ1) is 20.5. The molecule has 0 aliphatic carbocycles. The van der Waals surface area contributed by atoms with Crippen LogP contribution in [0.15, 0.2) is 42.7 Å². The van der Waals surface area contributed by atoms with Crippen LogP contribution in [-0.2, 0) is 27.3 Å². The largest absolute Gasteiger partial charge is 0.352 e. The molecule has 1 aliphatic heterocycles. The van der Waals surface area contributed by atoms with Gasteiger partial charge in [0.2, 0.25) is 17.7 Å². The highest BCUT2D eigenvalue weighted by molar-refractivity contribution is 6.19. The van der Waals surface area contributed by atoms with Gasteiger partial charge in [0.25, 0.3) is 0 Å². The summed E-state index contributed by atoms with van der Waals surface area (Å²) in [5.74, 6) is -0.575. The predicted molar refractivity (Wildman–Crippen MR) is 111 cm³/mol. The van der Waals surface area contributed by atoms with E-state index >= 15 is 0 Å². The number of pyridine rings is 1. The number of hydrogen-bond donors (Lipinski definition) is 1. The van der Waals surface area contributed by atoms with E-state index in [1.165, 1.54) is 4.90 Å². The van der Waals surface area contributed by atoms with E-state index in [4.69, 9.17) is 0 Å². The maximum absolute atomic E-state index is 12.9. The number of fused-ring (bicyclic) bond motifs is 1. The lowest BCUT2D eigenvalue weighted by Gasteiger charge is -2.27. The third kappa shape index (κ3) is 3.99. The predicted octanol–water partition coefficient (Wildman–Crippen LogP) is 2.30. The Morgan fingerprint density at radius 3 is 2.52 bits per heavy atom. The van der Waals surface area contributed by atoms with Crippen molar-refractivity contribution in [3.05, 3.63) is 53.9 Å². The molecule has 0 radical (unpaired) electrons. The highest BCUT2D eigenvalue weighted by Gasteiger charge is 2.45. The Bertz CT molecular complexity index is 940. The van der Waals surface area contributed by atoms with Gasteiger partial charge in [-0.05, 0) is 50.1 Å². The van der Waals surface area contributed by atoms with Crippen molar-refractivity contribution in [2.45, 2.75) is 33.7 Å². The third-order valence-electron chi connectivity index (χ3n) is 5.20. The van der Waals surface area contributed by atoms with Crippen LogP contribution in [0.2, 0.25) is 0 Å². The fraction of sp³-hybridized carbons (Fsp3) is 0.364. The number of hydrogen-bond acceptors (Lipinski definition) is 4. The van der Waals surface area contributed by atoms with Crippen LogP contribution in [0.3, 0.4) is 0 Å². The molecule has 1 aromatic carbocycles. The molecule has 0 bridgehead atoms. The average molecular weight is 394 g/mol. The van der Waals surface area contributed by atoms with Crippen LogP contribution < -0.4 is 15.1 Å². The van der Waals surface area contributed by atoms with E-state index in [0.717, 1.165) is 11.1 Å². The van der Waals surface area contributed by atoms with Gasteiger partial charge in [-0.3, -0.25) is 19.4 Å². The fourth-order valence-corrected chi connectivity index (χ4v) is 3.51. The summed E-state index contributed by atoms with van der Waals surface area (Å²) < 4.78 is 0. The number of rotatable bonds is 5. The van der Waals surface area contributed by atoms with Crippen molar-refractivity contribution in [1.82, 2.24) is 10.3 Å². The monoisotopic (exact) mass is 394 g/mol. The Morgan fingerprint density at radius 2 is 1.86 bits per heavy atom. The zero-order valence-electron chi connectivity index (χ0n) is 17.2. The SMILES string of the molecule is CCN1C(=O)C(C)(C)C(=O)N(C)c2cc(CNC(=O)Cc3cccnc3)ccc21. The smallest absolute Gasteiger partial charge is 0.242 e. The summed E-state index contributed by atoms with van der Waals surface area (Å²) in [5, 5.41) is 2.90. The van der Waals surface area contributed by atoms with Gasteiger partial charge in [-0.2, -0.15) is 0 Å². The average Bonchev–Trinajstić information content (AvgIpc) is 2.76. The van der Waals surface area contributed by atoms with Crippen LogP contribution in [0.5, 0.6) is 0 Å². The second-order valence-electron chi connectivity index (χ2n) is 7.68. The minimum Gasteiger partial charge on any atom is -0.352 e. The van der Waals surface area contributed by atoms with E-state index in [0.29, 0.717) is 24.5 Å². The Labute approximate surface area is 170 Å². The molecule has 0 fully saturated rings. The van der Waals surface area contributed by atoms with E-state index in [1.807, 2.05) is 31.2 Å². The molecule has 0 saturated carbocycles. The zero-order chi connectivity index (χ0) is 21.2. The minimum absolute atomic E-state index is 0.108. The van der Waals surface area contributed by atoms with Gasteiger partial charge in [-0.25, -0.2) is 0 Å². The summed E-state index contributed by atoms with van der Waals surface area (Å²) in [5.41, 5.74) is 1.92. The molecule has 1 aromatic heterocycles. The molecule has 2 aromatic rings. The Morgan fingerprint density at radius 1 is 1.10 bits per heavy atom. The quantitative estimate of drug-likeness (QED) is 0.789. The van der Waals surface area contributed by atoms with Gasteiger partial charge in [-0.15, -0.1) is 0 Å². The third-order valence-corrected chi connectivity index (χ3v) is 5.20. The molecule has 3 rings (SSSR count). The van der Waals surface area contributed by atoms with E-state index in [1.54, 1.807) is 44.3 Å². The van der Waals surface area contributed by atoms with Crippen molar-refractivity contribution in [3.8, 4) is 0 Å². The Balaban J connectivity index is 1.81. The molecule has 1 N–H and O–H groups in total. The Kier molecular flexibility index (Phi) is 5.68. The zero-order valence-corrected chi connectivity index (χ0v) is 17.2. The molecule has 0 spiro atoms. The first-order chi connectivity index (χ1) is 13.8. The molecule has 1 aliphatic rings. The molecular formula is C22H26N4O3. The molecule has 0 atom stereocenters. The van der Waals surface area contributed by atoms with Gasteiger partial charge < -0.3 is 15.1 Å². The van der Waals surface area contributed by atoms with Crippen LogP contribution in [0.1, 0.15) is 31.9 Å². The van der Waals surface area contributed by atoms with Crippen molar-refractivity contribution in [3.63, 3.8) is 0 Å². The summed E-state index contributed by atoms with van der Waals surface area (Å²) >= 11 is 0. The number of benzene rings is 1. The summed E-state index contributed by atoms with van der Waals surface area (Å²) in [4.78, 5) is 45.2. The number of amides is 3. The number of anilines is 2. The first-order valence-corrected chi connectivity index (χ1v) is 9.64. The molecule has 0 unspecified atom stereocenters. The van der Waals surface area contributed by atoms with Gasteiger partial charge in [-0.1, -0.05) is 12.1 Å². The van der Waals surface area contributed by atoms with Gasteiger partial charge in [0.05, 0.1) is 17.8 Å². The number of nitrogens with one attached hydrogen (secondary N) is 1. The van der Waals surface area contributed by atoms with E-state index in [-0.39, 0.29) is 24.1 Å². The summed E-state index contributed by atoms with van der Waals surface area (Å²) in [6, 6.07) is 9.22. The van der Waals surface area contributed by atoms with Crippen molar-refractivity contribution in [2.24, 2.45) is 5.41 Å². The second-order valence-corrected chi connectivity index (χ2v) is 7.68. The van der Waals surface area contributed by atoms with Crippen LogP contribution >= 0.6 is 0 Å². The van der Waals surface area contributed by atoms with E-state index < -0.39 is 5.41 Å². The normalized spacial score (nSPS) is 15.7. The fourth-order valence-electron chi connectivity index (χ4n) is 3.51. The molecule has 0 saturated heterocycles. The molecule has 152 valence electrons. The maximum Gasteiger partial charge on any atom is 0.242 e. The van der Waals surface area contributed by atoms with Crippen molar-refractivity contribution < 1.29 is 14.4 Å². The van der Waals surface area contributed by atoms with Crippen molar-refractivity contribution in [1.29, 1.82) is 0 Å². The standard InChI is InChI=1S/C22H26N4O3/c1-5-26-17-9-8-16(14-24-19(27)12-15-7-6-10-23-13-15)11-18(17)25(4)20(28)22(2,3)21(26)29/h6-11,13H,5,12,14H2,1-4H3,(H,24,27). The van der Waals surface area contributed by atoms with E-state index in [2.05, 4.69) is 10.3 Å². The number of nitrogens with zero attached hydrogens (tertiary/aromatic N) is 3. The lowest BCUT2D eigenvalue weighted by molar-refractivity contribution is -0.137. The second kappa shape index (κ2) is 8.03. The van der Waals surface area contributed by atoms with Crippen molar-refractivity contribution in [2.75, 3.05) is 23.4 Å². The van der Waals surface area contributed by atoms with Crippen LogP contribution in [-0.4, -0.2) is 36.3 Å². The summed E-state index contributed by atoms with van der Waals surface area (Å²) in [6.07, 6.45) is 3.59.